The third-order valence-corrected chi connectivity index (χ3v) is 4.83. The molecule has 5 nitrogen and oxygen atoms in total. The number of quaternary nitrogens is 1. The van der Waals surface area contributed by atoms with Crippen LogP contribution in [0.25, 0.3) is 0 Å². The molecule has 1 N–H and O–H groups in total. The maximum absolute atomic E-state index is 12.6. The van der Waals surface area contributed by atoms with Crippen molar-refractivity contribution in [3.05, 3.63) is 46.6 Å². The third-order valence-electron chi connectivity index (χ3n) is 4.49. The summed E-state index contributed by atoms with van der Waals surface area (Å²) in [7, 11) is 2.13. The van der Waals surface area contributed by atoms with E-state index < -0.39 is 0 Å². The molecule has 1 aromatic rings. The highest BCUT2D eigenvalue weighted by Crippen LogP contribution is 2.26. The van der Waals surface area contributed by atoms with Crippen molar-refractivity contribution in [3.63, 3.8) is 0 Å². The zero-order valence-electron chi connectivity index (χ0n) is 13.2. The average molecular weight is 335 g/mol. The molecule has 0 aliphatic carbocycles. The molecule has 2 amide bonds. The number of benzene rings is 1. The number of halogens is 1. The molecule has 3 rings (SSSR count). The van der Waals surface area contributed by atoms with E-state index in [0.29, 0.717) is 18.7 Å². The molecule has 1 fully saturated rings. The second-order valence-corrected chi connectivity index (χ2v) is 6.48. The van der Waals surface area contributed by atoms with Gasteiger partial charge in [0.1, 0.15) is 10.7 Å². The summed E-state index contributed by atoms with van der Waals surface area (Å²) >= 11 is 6.19. The van der Waals surface area contributed by atoms with Crippen LogP contribution in [0.1, 0.15) is 5.56 Å². The lowest BCUT2D eigenvalue weighted by atomic mass is 10.1. The molecule has 6 heteroatoms. The smallest absolute Gasteiger partial charge is 0.278 e. The molecule has 0 unspecified atom stereocenters. The van der Waals surface area contributed by atoms with Crippen LogP contribution in [0, 0.1) is 0 Å². The topological polar surface area (TPSA) is 45.1 Å². The van der Waals surface area contributed by atoms with Gasteiger partial charge in [-0.2, -0.15) is 0 Å². The Bertz CT molecular complexity index is 636. The molecule has 0 radical (unpaired) electrons. The molecule has 0 spiro atoms. The van der Waals surface area contributed by atoms with Crippen LogP contribution in [0.5, 0.6) is 0 Å². The maximum Gasteiger partial charge on any atom is 0.278 e. The highest BCUT2D eigenvalue weighted by molar-refractivity contribution is 6.47. The van der Waals surface area contributed by atoms with Gasteiger partial charge in [0.15, 0.2) is 0 Å². The van der Waals surface area contributed by atoms with Crippen molar-refractivity contribution in [2.24, 2.45) is 0 Å². The summed E-state index contributed by atoms with van der Waals surface area (Å²) in [5, 5.41) is 0.0719. The number of nitrogens with zero attached hydrogens (tertiary/aromatic N) is 2. The number of carbonyl (C=O) groups excluding carboxylic acids is 2. The van der Waals surface area contributed by atoms with Gasteiger partial charge in [0, 0.05) is 6.54 Å². The number of hydrogen-bond acceptors (Lipinski definition) is 3. The summed E-state index contributed by atoms with van der Waals surface area (Å²) in [6.07, 6.45) is 0.642. The first kappa shape index (κ1) is 16.0. The molecule has 23 heavy (non-hydrogen) atoms. The normalized spacial score (nSPS) is 19.9. The summed E-state index contributed by atoms with van der Waals surface area (Å²) in [5.74, 6) is -0.621. The Kier molecular flexibility index (Phi) is 4.68. The van der Waals surface area contributed by atoms with Gasteiger partial charge >= 0.3 is 0 Å². The molecule has 0 aromatic heterocycles. The van der Waals surface area contributed by atoms with Gasteiger partial charge < -0.3 is 9.80 Å². The second kappa shape index (κ2) is 6.72. The van der Waals surface area contributed by atoms with E-state index >= 15 is 0 Å². The van der Waals surface area contributed by atoms with Gasteiger partial charge in [-0.25, -0.2) is 0 Å². The lowest BCUT2D eigenvalue weighted by Crippen LogP contribution is -3.11. The van der Waals surface area contributed by atoms with E-state index in [1.807, 2.05) is 35.2 Å². The number of amides is 2. The Balaban J connectivity index is 1.69. The Hall–Kier alpha value is -1.85. The van der Waals surface area contributed by atoms with Crippen LogP contribution in [0.4, 0.5) is 0 Å². The fourth-order valence-electron chi connectivity index (χ4n) is 3.01. The Morgan fingerprint density at radius 2 is 1.74 bits per heavy atom. The third kappa shape index (κ3) is 3.26. The van der Waals surface area contributed by atoms with Crippen LogP contribution < -0.4 is 4.90 Å². The minimum Gasteiger partial charge on any atom is -0.354 e. The quantitative estimate of drug-likeness (QED) is 0.781. The molecular weight excluding hydrogens is 314 g/mol. The lowest BCUT2D eigenvalue weighted by Gasteiger charge is -2.31. The first-order valence-electron chi connectivity index (χ1n) is 7.94. The molecule has 2 aliphatic rings. The number of likely N-dealkylation sites (N-methyl/N-ethyl adjacent to an activating group) is 1. The van der Waals surface area contributed by atoms with Crippen molar-refractivity contribution in [3.8, 4) is 0 Å². The van der Waals surface area contributed by atoms with Gasteiger partial charge in [-0.1, -0.05) is 41.9 Å². The average Bonchev–Trinajstić information content (AvgIpc) is 2.78. The standard InChI is InChI=1S/C17H20ClN3O2/c1-19-9-11-20(12-10-19)15-14(18)16(22)21(17(15)23)8-7-13-5-3-2-4-6-13/h2-6H,7-12H2,1H3/p+1. The zero-order chi connectivity index (χ0) is 16.4. The zero-order valence-corrected chi connectivity index (χ0v) is 14.0. The minimum atomic E-state index is -0.367. The van der Waals surface area contributed by atoms with Gasteiger partial charge in [-0.05, 0) is 12.0 Å². The van der Waals surface area contributed by atoms with E-state index in [1.165, 1.54) is 9.80 Å². The largest absolute Gasteiger partial charge is 0.354 e. The van der Waals surface area contributed by atoms with Crippen LogP contribution in [0.15, 0.2) is 41.1 Å². The number of carbonyl (C=O) groups is 2. The Morgan fingerprint density at radius 1 is 1.09 bits per heavy atom. The molecule has 0 saturated carbocycles. The van der Waals surface area contributed by atoms with Crippen LogP contribution in [0.3, 0.4) is 0 Å². The van der Waals surface area contributed by atoms with Crippen LogP contribution in [-0.4, -0.2) is 61.4 Å². The van der Waals surface area contributed by atoms with Crippen molar-refractivity contribution < 1.29 is 14.5 Å². The fraction of sp³-hybridized carbons (Fsp3) is 0.412. The highest BCUT2D eigenvalue weighted by atomic mass is 35.5. The van der Waals surface area contributed by atoms with E-state index in [4.69, 9.17) is 11.6 Å². The van der Waals surface area contributed by atoms with Crippen LogP contribution in [-0.2, 0) is 16.0 Å². The van der Waals surface area contributed by atoms with Crippen molar-refractivity contribution in [1.29, 1.82) is 0 Å². The summed E-state index contributed by atoms with van der Waals surface area (Å²) in [6.45, 7) is 3.75. The van der Waals surface area contributed by atoms with Gasteiger partial charge in [0.2, 0.25) is 0 Å². The highest BCUT2D eigenvalue weighted by Gasteiger charge is 2.40. The molecule has 0 bridgehead atoms. The number of nitrogens with one attached hydrogen (secondary N) is 1. The van der Waals surface area contributed by atoms with E-state index in [-0.39, 0.29) is 16.8 Å². The van der Waals surface area contributed by atoms with Gasteiger partial charge in [0.25, 0.3) is 11.8 Å². The molecular formula is C17H21ClN3O2+. The second-order valence-electron chi connectivity index (χ2n) is 6.10. The predicted molar refractivity (Wildman–Crippen MR) is 87.9 cm³/mol. The summed E-state index contributed by atoms with van der Waals surface area (Å²) < 4.78 is 0. The van der Waals surface area contributed by atoms with E-state index in [0.717, 1.165) is 31.7 Å². The number of rotatable bonds is 4. The van der Waals surface area contributed by atoms with Crippen molar-refractivity contribution in [1.82, 2.24) is 9.80 Å². The Morgan fingerprint density at radius 3 is 2.39 bits per heavy atom. The van der Waals surface area contributed by atoms with Gasteiger partial charge in [-0.3, -0.25) is 14.5 Å². The molecule has 2 heterocycles. The van der Waals surface area contributed by atoms with Crippen LogP contribution in [0.2, 0.25) is 0 Å². The van der Waals surface area contributed by atoms with E-state index in [2.05, 4.69) is 7.05 Å². The Labute approximate surface area is 141 Å². The summed E-state index contributed by atoms with van der Waals surface area (Å²) in [6, 6.07) is 9.83. The molecule has 1 saturated heterocycles. The molecule has 2 aliphatic heterocycles. The van der Waals surface area contributed by atoms with Crippen LogP contribution >= 0.6 is 11.6 Å². The van der Waals surface area contributed by atoms with Crippen molar-refractivity contribution in [2.45, 2.75) is 6.42 Å². The van der Waals surface area contributed by atoms with E-state index in [1.54, 1.807) is 0 Å². The first-order valence-corrected chi connectivity index (χ1v) is 8.32. The van der Waals surface area contributed by atoms with E-state index in [9.17, 15) is 9.59 Å². The first-order chi connectivity index (χ1) is 11.1. The van der Waals surface area contributed by atoms with Crippen molar-refractivity contribution >= 4 is 23.4 Å². The lowest BCUT2D eigenvalue weighted by molar-refractivity contribution is -0.883. The SMILES string of the molecule is C[NH+]1CCN(C2=C(Cl)C(=O)N(CCc3ccccc3)C2=O)CC1. The molecule has 0 atom stereocenters. The van der Waals surface area contributed by atoms with Gasteiger partial charge in [0.05, 0.1) is 33.2 Å². The monoisotopic (exact) mass is 334 g/mol. The van der Waals surface area contributed by atoms with Crippen molar-refractivity contribution in [2.75, 3.05) is 39.8 Å². The number of hydrogen-bond donors (Lipinski definition) is 1. The van der Waals surface area contributed by atoms with Gasteiger partial charge in [-0.15, -0.1) is 0 Å². The summed E-state index contributed by atoms with van der Waals surface area (Å²) in [5.41, 5.74) is 1.48. The number of piperazine rings is 1. The predicted octanol–water partition coefficient (Wildman–Crippen LogP) is -0.121. The maximum atomic E-state index is 12.6. The molecule has 1 aromatic carbocycles. The number of imide groups is 1. The summed E-state index contributed by atoms with van der Waals surface area (Å²) in [4.78, 5) is 29.6. The minimum absolute atomic E-state index is 0.0719. The molecule has 122 valence electrons. The fourth-order valence-corrected chi connectivity index (χ4v) is 3.31.